The highest BCUT2D eigenvalue weighted by molar-refractivity contribution is 6.33. The second-order valence-electron chi connectivity index (χ2n) is 5.67. The van der Waals surface area contributed by atoms with Gasteiger partial charge in [0.2, 0.25) is 0 Å². The number of nitro groups is 1. The Hall–Kier alpha value is -3.26. The zero-order valence-corrected chi connectivity index (χ0v) is 16.1. The van der Waals surface area contributed by atoms with Crippen molar-refractivity contribution in [3.63, 3.8) is 0 Å². The lowest BCUT2D eigenvalue weighted by Gasteiger charge is -2.23. The molecule has 0 aromatic heterocycles. The van der Waals surface area contributed by atoms with Crippen molar-refractivity contribution < 1.29 is 14.5 Å². The summed E-state index contributed by atoms with van der Waals surface area (Å²) in [6.45, 7) is 6.98. The zero-order chi connectivity index (χ0) is 20.5. The van der Waals surface area contributed by atoms with Gasteiger partial charge in [-0.3, -0.25) is 15.5 Å². The number of nitrogens with one attached hydrogen (secondary N) is 2. The van der Waals surface area contributed by atoms with Crippen LogP contribution >= 0.6 is 11.6 Å². The predicted molar refractivity (Wildman–Crippen MR) is 111 cm³/mol. The van der Waals surface area contributed by atoms with Gasteiger partial charge in [0.1, 0.15) is 6.61 Å². The molecular weight excluding hydrogens is 384 g/mol. The highest BCUT2D eigenvalue weighted by atomic mass is 35.5. The van der Waals surface area contributed by atoms with E-state index in [4.69, 9.17) is 16.3 Å². The summed E-state index contributed by atoms with van der Waals surface area (Å²) in [5, 5.41) is 11.0. The second kappa shape index (κ2) is 10.2. The van der Waals surface area contributed by atoms with E-state index in [1.54, 1.807) is 0 Å². The summed E-state index contributed by atoms with van der Waals surface area (Å²) in [5.74, 6) is -0.438. The Bertz CT molecular complexity index is 842. The molecule has 0 bridgehead atoms. The minimum atomic E-state index is -0.500. The third kappa shape index (κ3) is 5.88. The van der Waals surface area contributed by atoms with Gasteiger partial charge in [-0.05, 0) is 37.3 Å². The topological polar surface area (TPSA) is 96.7 Å². The fourth-order valence-electron chi connectivity index (χ4n) is 2.40. The average molecular weight is 405 g/mol. The van der Waals surface area contributed by atoms with Crippen molar-refractivity contribution in [2.24, 2.45) is 0 Å². The van der Waals surface area contributed by atoms with Gasteiger partial charge in [0.15, 0.2) is 0 Å². The molecular formula is C19H21ClN4O4. The molecule has 0 unspecified atom stereocenters. The molecule has 0 atom stereocenters. The third-order valence-corrected chi connectivity index (χ3v) is 4.20. The molecule has 2 rings (SSSR count). The first-order valence-corrected chi connectivity index (χ1v) is 8.92. The number of nitrogens with zero attached hydrogens (tertiary/aromatic N) is 2. The molecule has 8 nitrogen and oxygen atoms in total. The Morgan fingerprint density at radius 3 is 2.57 bits per heavy atom. The molecule has 0 heterocycles. The van der Waals surface area contributed by atoms with E-state index in [0.717, 1.165) is 24.0 Å². The van der Waals surface area contributed by atoms with Crippen LogP contribution in [0.2, 0.25) is 5.02 Å². The maximum absolute atomic E-state index is 11.1. The number of halogens is 1. The lowest BCUT2D eigenvalue weighted by Crippen LogP contribution is -2.27. The van der Waals surface area contributed by atoms with Crippen LogP contribution in [0.3, 0.4) is 0 Å². The number of nitro benzene ring substituents is 1. The monoisotopic (exact) mass is 404 g/mol. The number of anilines is 3. The van der Waals surface area contributed by atoms with Crippen LogP contribution in [0, 0.1) is 10.1 Å². The Labute approximate surface area is 167 Å². The van der Waals surface area contributed by atoms with Crippen molar-refractivity contribution in [2.75, 3.05) is 35.4 Å². The maximum atomic E-state index is 11.1. The fourth-order valence-corrected chi connectivity index (χ4v) is 2.62. The van der Waals surface area contributed by atoms with Crippen molar-refractivity contribution in [1.29, 1.82) is 0 Å². The maximum Gasteiger partial charge on any atom is 0.330 e. The van der Waals surface area contributed by atoms with Crippen LogP contribution in [-0.4, -0.2) is 30.6 Å². The van der Waals surface area contributed by atoms with Gasteiger partial charge >= 0.3 is 5.97 Å². The number of non-ortho nitro benzene ring substituents is 1. The summed E-state index contributed by atoms with van der Waals surface area (Å²) < 4.78 is 5.01. The number of rotatable bonds is 10. The van der Waals surface area contributed by atoms with Crippen LogP contribution in [0.1, 0.15) is 6.92 Å². The third-order valence-electron chi connectivity index (χ3n) is 3.89. The van der Waals surface area contributed by atoms with Gasteiger partial charge in [-0.2, -0.15) is 0 Å². The number of likely N-dealkylation sites (N-methyl/N-ethyl adjacent to an activating group) is 1. The molecule has 0 aliphatic carbocycles. The molecule has 0 radical (unpaired) electrons. The van der Waals surface area contributed by atoms with E-state index in [2.05, 4.69) is 22.3 Å². The normalized spacial score (nSPS) is 10.1. The molecule has 28 heavy (non-hydrogen) atoms. The second-order valence-corrected chi connectivity index (χ2v) is 6.08. The molecule has 0 amide bonds. The van der Waals surface area contributed by atoms with Gasteiger partial charge in [-0.15, -0.1) is 0 Å². The predicted octanol–water partition coefficient (Wildman–Crippen LogP) is 4.24. The molecule has 0 spiro atoms. The molecule has 0 aliphatic heterocycles. The summed E-state index contributed by atoms with van der Waals surface area (Å²) >= 11 is 6.05. The van der Waals surface area contributed by atoms with E-state index in [1.165, 1.54) is 18.2 Å². The van der Waals surface area contributed by atoms with Crippen LogP contribution in [0.5, 0.6) is 0 Å². The molecule has 9 heteroatoms. The van der Waals surface area contributed by atoms with Crippen molar-refractivity contribution >= 4 is 40.3 Å². The first-order chi connectivity index (χ1) is 13.4. The molecule has 0 fully saturated rings. The molecule has 148 valence electrons. The van der Waals surface area contributed by atoms with E-state index in [-0.39, 0.29) is 17.3 Å². The van der Waals surface area contributed by atoms with Crippen molar-refractivity contribution in [1.82, 2.24) is 0 Å². The molecule has 0 saturated heterocycles. The summed E-state index contributed by atoms with van der Waals surface area (Å²) in [7, 11) is 0. The largest absolute Gasteiger partial charge is 0.461 e. The van der Waals surface area contributed by atoms with Crippen LogP contribution in [0.25, 0.3) is 0 Å². The molecule has 0 saturated carbocycles. The standard InChI is InChI=1S/C19H21ClN4O4/c1-3-19(25)28-12-11-23(4-2)15-7-5-14(6-8-15)21-22-18-10-9-16(24(26)27)13-17(18)20/h3,5-10,13,21-22H,1,4,11-12H2,2H3. The van der Waals surface area contributed by atoms with E-state index in [9.17, 15) is 14.9 Å². The van der Waals surface area contributed by atoms with E-state index in [0.29, 0.717) is 12.2 Å². The minimum absolute atomic E-state index is 0.0710. The van der Waals surface area contributed by atoms with Gasteiger partial charge < -0.3 is 15.1 Å². The van der Waals surface area contributed by atoms with Crippen molar-refractivity contribution in [3.8, 4) is 0 Å². The minimum Gasteiger partial charge on any atom is -0.461 e. The van der Waals surface area contributed by atoms with Gasteiger partial charge in [0, 0.05) is 30.4 Å². The summed E-state index contributed by atoms with van der Waals surface area (Å²) in [4.78, 5) is 23.4. The summed E-state index contributed by atoms with van der Waals surface area (Å²) in [6.07, 6.45) is 1.14. The van der Waals surface area contributed by atoms with Crippen molar-refractivity contribution in [2.45, 2.75) is 6.92 Å². The number of hydrogen-bond acceptors (Lipinski definition) is 7. The molecule has 2 aromatic carbocycles. The van der Waals surface area contributed by atoms with Crippen molar-refractivity contribution in [3.05, 3.63) is 70.3 Å². The van der Waals surface area contributed by atoms with E-state index < -0.39 is 10.9 Å². The zero-order valence-electron chi connectivity index (χ0n) is 15.4. The first kappa shape index (κ1) is 21.0. The number of esters is 1. The SMILES string of the molecule is C=CC(=O)OCCN(CC)c1ccc(NNc2ccc([N+](=O)[O-])cc2Cl)cc1. The Morgan fingerprint density at radius 2 is 2.00 bits per heavy atom. The van der Waals surface area contributed by atoms with E-state index >= 15 is 0 Å². The van der Waals surface area contributed by atoms with Gasteiger partial charge in [-0.25, -0.2) is 4.79 Å². The molecule has 2 aromatic rings. The van der Waals surface area contributed by atoms with Crippen LogP contribution in [-0.2, 0) is 9.53 Å². The smallest absolute Gasteiger partial charge is 0.330 e. The first-order valence-electron chi connectivity index (χ1n) is 8.54. The highest BCUT2D eigenvalue weighted by Crippen LogP contribution is 2.27. The van der Waals surface area contributed by atoms with Gasteiger partial charge in [0.05, 0.1) is 27.9 Å². The summed E-state index contributed by atoms with van der Waals surface area (Å²) in [6, 6.07) is 11.8. The number of ether oxygens (including phenoxy) is 1. The number of benzene rings is 2. The van der Waals surface area contributed by atoms with Crippen LogP contribution < -0.4 is 15.8 Å². The van der Waals surface area contributed by atoms with E-state index in [1.807, 2.05) is 31.2 Å². The number of hydrazine groups is 1. The van der Waals surface area contributed by atoms with Gasteiger partial charge in [-0.1, -0.05) is 18.2 Å². The Morgan fingerprint density at radius 1 is 1.29 bits per heavy atom. The van der Waals surface area contributed by atoms with Crippen LogP contribution in [0.4, 0.5) is 22.7 Å². The molecule has 2 N–H and O–H groups in total. The molecule has 0 aliphatic rings. The number of carbonyl (C=O) groups excluding carboxylic acids is 1. The quantitative estimate of drug-likeness (QED) is 0.264. The number of hydrogen-bond donors (Lipinski definition) is 2. The highest BCUT2D eigenvalue weighted by Gasteiger charge is 2.09. The lowest BCUT2D eigenvalue weighted by atomic mass is 10.2. The lowest BCUT2D eigenvalue weighted by molar-refractivity contribution is -0.384. The Balaban J connectivity index is 1.93. The fraction of sp³-hybridized carbons (Fsp3) is 0.211. The van der Waals surface area contributed by atoms with Gasteiger partial charge in [0.25, 0.3) is 5.69 Å². The number of carbonyl (C=O) groups is 1. The Kier molecular flexibility index (Phi) is 7.65. The van der Waals surface area contributed by atoms with Crippen LogP contribution in [0.15, 0.2) is 55.1 Å². The average Bonchev–Trinajstić information content (AvgIpc) is 2.70. The summed E-state index contributed by atoms with van der Waals surface area (Å²) in [5.41, 5.74) is 8.14.